The highest BCUT2D eigenvalue weighted by molar-refractivity contribution is 9.10. The standard InChI is InChI=1S/C14H21BrN2O3/c1-9-11(15)12(19)10(7-17-9)13(20)16-6-4-5-14(2,3)8-18/h7,18H,4-6,8H2,1-3H3,(H,16,20)(H,17,19). The average molecular weight is 345 g/mol. The molecule has 1 amide bonds. The lowest BCUT2D eigenvalue weighted by Gasteiger charge is -2.21. The minimum absolute atomic E-state index is 0.101. The van der Waals surface area contributed by atoms with Crippen molar-refractivity contribution in [2.75, 3.05) is 13.2 Å². The molecule has 0 fully saturated rings. The third-order valence-corrected chi connectivity index (χ3v) is 4.15. The summed E-state index contributed by atoms with van der Waals surface area (Å²) in [5, 5.41) is 11.9. The molecule has 20 heavy (non-hydrogen) atoms. The minimum atomic E-state index is -0.381. The van der Waals surface area contributed by atoms with Crippen LogP contribution in [0.25, 0.3) is 0 Å². The van der Waals surface area contributed by atoms with Crippen molar-refractivity contribution >= 4 is 21.8 Å². The van der Waals surface area contributed by atoms with Crippen molar-refractivity contribution < 1.29 is 9.90 Å². The second kappa shape index (κ2) is 7.04. The molecule has 0 aliphatic carbocycles. The number of halogens is 1. The maximum absolute atomic E-state index is 11.9. The van der Waals surface area contributed by atoms with Gasteiger partial charge >= 0.3 is 0 Å². The highest BCUT2D eigenvalue weighted by Crippen LogP contribution is 2.20. The number of nitrogens with one attached hydrogen (secondary N) is 2. The molecule has 0 saturated heterocycles. The molecule has 0 radical (unpaired) electrons. The third-order valence-electron chi connectivity index (χ3n) is 3.19. The smallest absolute Gasteiger partial charge is 0.256 e. The van der Waals surface area contributed by atoms with Crippen molar-refractivity contribution in [3.63, 3.8) is 0 Å². The normalized spacial score (nSPS) is 11.4. The van der Waals surface area contributed by atoms with E-state index in [0.29, 0.717) is 16.7 Å². The zero-order valence-electron chi connectivity index (χ0n) is 12.0. The number of hydrogen-bond acceptors (Lipinski definition) is 3. The van der Waals surface area contributed by atoms with Gasteiger partial charge in [0.25, 0.3) is 5.91 Å². The SMILES string of the molecule is Cc1[nH]cc(C(=O)NCCCC(C)(C)CO)c(=O)c1Br. The Morgan fingerprint density at radius 2 is 2.15 bits per heavy atom. The second-order valence-corrected chi connectivity index (χ2v) is 6.45. The van der Waals surface area contributed by atoms with E-state index in [4.69, 9.17) is 5.11 Å². The Kier molecular flexibility index (Phi) is 5.95. The zero-order valence-corrected chi connectivity index (χ0v) is 13.6. The maximum Gasteiger partial charge on any atom is 0.256 e. The summed E-state index contributed by atoms with van der Waals surface area (Å²) < 4.78 is 0.381. The first-order valence-corrected chi connectivity index (χ1v) is 7.34. The first-order valence-electron chi connectivity index (χ1n) is 6.55. The summed E-state index contributed by atoms with van der Waals surface area (Å²) in [5.74, 6) is -0.381. The number of carbonyl (C=O) groups excluding carboxylic acids is 1. The highest BCUT2D eigenvalue weighted by Gasteiger charge is 2.17. The van der Waals surface area contributed by atoms with Crippen LogP contribution in [-0.4, -0.2) is 29.1 Å². The number of aromatic amines is 1. The van der Waals surface area contributed by atoms with Gasteiger partial charge < -0.3 is 15.4 Å². The van der Waals surface area contributed by atoms with Crippen LogP contribution in [0.4, 0.5) is 0 Å². The molecule has 0 bridgehead atoms. The van der Waals surface area contributed by atoms with Gasteiger partial charge in [0.15, 0.2) is 0 Å². The van der Waals surface area contributed by atoms with Crippen LogP contribution >= 0.6 is 15.9 Å². The Balaban J connectivity index is 2.57. The zero-order chi connectivity index (χ0) is 15.3. The van der Waals surface area contributed by atoms with E-state index in [1.54, 1.807) is 6.92 Å². The predicted molar refractivity (Wildman–Crippen MR) is 81.9 cm³/mol. The number of aliphatic hydroxyl groups is 1. The monoisotopic (exact) mass is 344 g/mol. The molecule has 5 nitrogen and oxygen atoms in total. The molecule has 1 aromatic heterocycles. The van der Waals surface area contributed by atoms with E-state index in [9.17, 15) is 9.59 Å². The van der Waals surface area contributed by atoms with E-state index in [1.165, 1.54) is 6.20 Å². The van der Waals surface area contributed by atoms with Crippen LogP contribution in [0.1, 0.15) is 42.7 Å². The van der Waals surface area contributed by atoms with Crippen molar-refractivity contribution in [2.45, 2.75) is 33.6 Å². The molecule has 0 aliphatic rings. The molecule has 1 heterocycles. The van der Waals surface area contributed by atoms with E-state index >= 15 is 0 Å². The van der Waals surface area contributed by atoms with Crippen LogP contribution in [0.3, 0.4) is 0 Å². The van der Waals surface area contributed by atoms with E-state index in [1.807, 2.05) is 13.8 Å². The Morgan fingerprint density at radius 3 is 2.75 bits per heavy atom. The van der Waals surface area contributed by atoms with Crippen LogP contribution in [0.15, 0.2) is 15.5 Å². The van der Waals surface area contributed by atoms with Crippen LogP contribution < -0.4 is 10.7 Å². The molecule has 0 aliphatic heterocycles. The van der Waals surface area contributed by atoms with Crippen LogP contribution in [0, 0.1) is 12.3 Å². The lowest BCUT2D eigenvalue weighted by molar-refractivity contribution is 0.0947. The Labute approximate surface area is 126 Å². The first-order chi connectivity index (χ1) is 9.28. The second-order valence-electron chi connectivity index (χ2n) is 5.65. The molecular formula is C14H21BrN2O3. The predicted octanol–water partition coefficient (Wildman–Crippen LogP) is 1.97. The molecule has 0 unspecified atom stereocenters. The van der Waals surface area contributed by atoms with Gasteiger partial charge in [-0.15, -0.1) is 0 Å². The lowest BCUT2D eigenvalue weighted by Crippen LogP contribution is -2.31. The molecule has 0 atom stereocenters. The number of carbonyl (C=O) groups is 1. The fourth-order valence-corrected chi connectivity index (χ4v) is 2.04. The largest absolute Gasteiger partial charge is 0.396 e. The first kappa shape index (κ1) is 16.9. The summed E-state index contributed by atoms with van der Waals surface area (Å²) in [6.07, 6.45) is 2.98. The Hall–Kier alpha value is -1.14. The van der Waals surface area contributed by atoms with Gasteiger partial charge in [-0.1, -0.05) is 13.8 Å². The maximum atomic E-state index is 11.9. The van der Waals surface area contributed by atoms with Gasteiger partial charge in [-0.2, -0.15) is 0 Å². The number of aromatic nitrogens is 1. The highest BCUT2D eigenvalue weighted by atomic mass is 79.9. The summed E-state index contributed by atoms with van der Waals surface area (Å²) >= 11 is 3.16. The van der Waals surface area contributed by atoms with E-state index in [2.05, 4.69) is 26.2 Å². The molecule has 0 spiro atoms. The van der Waals surface area contributed by atoms with Gasteiger partial charge in [0.2, 0.25) is 5.43 Å². The van der Waals surface area contributed by atoms with Crippen molar-refractivity contribution in [1.82, 2.24) is 10.3 Å². The van der Waals surface area contributed by atoms with Crippen LogP contribution in [0.5, 0.6) is 0 Å². The number of pyridine rings is 1. The van der Waals surface area contributed by atoms with Gasteiger partial charge in [-0.05, 0) is 41.1 Å². The topological polar surface area (TPSA) is 82.2 Å². The fourth-order valence-electron chi connectivity index (χ4n) is 1.71. The molecule has 112 valence electrons. The van der Waals surface area contributed by atoms with Gasteiger partial charge in [0.1, 0.15) is 5.56 Å². The van der Waals surface area contributed by atoms with Crippen molar-refractivity contribution in [1.29, 1.82) is 0 Å². The summed E-state index contributed by atoms with van der Waals surface area (Å²) in [6, 6.07) is 0. The number of amides is 1. The number of H-pyrrole nitrogens is 1. The number of aliphatic hydroxyl groups excluding tert-OH is 1. The lowest BCUT2D eigenvalue weighted by atomic mass is 9.89. The number of rotatable bonds is 6. The fraction of sp³-hybridized carbons (Fsp3) is 0.571. The molecule has 1 aromatic rings. The summed E-state index contributed by atoms with van der Waals surface area (Å²) in [4.78, 5) is 26.7. The summed E-state index contributed by atoms with van der Waals surface area (Å²) in [6.45, 7) is 6.29. The summed E-state index contributed by atoms with van der Waals surface area (Å²) in [7, 11) is 0. The molecule has 6 heteroatoms. The van der Waals surface area contributed by atoms with E-state index in [-0.39, 0.29) is 28.9 Å². The third kappa shape index (κ3) is 4.45. The molecular weight excluding hydrogens is 324 g/mol. The van der Waals surface area contributed by atoms with Gasteiger partial charge in [0, 0.05) is 25.0 Å². The van der Waals surface area contributed by atoms with Crippen molar-refractivity contribution in [3.05, 3.63) is 32.2 Å². The number of aryl methyl sites for hydroxylation is 1. The molecule has 3 N–H and O–H groups in total. The van der Waals surface area contributed by atoms with E-state index < -0.39 is 0 Å². The molecule has 1 rings (SSSR count). The number of hydrogen-bond donors (Lipinski definition) is 3. The van der Waals surface area contributed by atoms with E-state index in [0.717, 1.165) is 12.8 Å². The van der Waals surface area contributed by atoms with Crippen molar-refractivity contribution in [2.24, 2.45) is 5.41 Å². The summed E-state index contributed by atoms with van der Waals surface area (Å²) in [5.41, 5.74) is 0.337. The molecule has 0 aromatic carbocycles. The Bertz CT molecular complexity index is 538. The van der Waals surface area contributed by atoms with Gasteiger partial charge in [-0.3, -0.25) is 9.59 Å². The Morgan fingerprint density at radius 1 is 1.50 bits per heavy atom. The average Bonchev–Trinajstić information content (AvgIpc) is 2.41. The molecule has 0 saturated carbocycles. The van der Waals surface area contributed by atoms with Crippen LogP contribution in [-0.2, 0) is 0 Å². The minimum Gasteiger partial charge on any atom is -0.396 e. The van der Waals surface area contributed by atoms with Gasteiger partial charge in [-0.25, -0.2) is 0 Å². The van der Waals surface area contributed by atoms with Crippen LogP contribution in [0.2, 0.25) is 0 Å². The van der Waals surface area contributed by atoms with Gasteiger partial charge in [0.05, 0.1) is 4.47 Å². The quantitative estimate of drug-likeness (QED) is 0.690. The van der Waals surface area contributed by atoms with Crippen molar-refractivity contribution in [3.8, 4) is 0 Å².